The van der Waals surface area contributed by atoms with Crippen LogP contribution in [0.2, 0.25) is 5.02 Å². The van der Waals surface area contributed by atoms with E-state index in [1.165, 1.54) is 0 Å². The first-order valence-electron chi connectivity index (χ1n) is 9.35. The highest BCUT2D eigenvalue weighted by Gasteiger charge is 2.44. The fourth-order valence-electron chi connectivity index (χ4n) is 4.41. The number of rotatable bonds is 3. The summed E-state index contributed by atoms with van der Waals surface area (Å²) in [6.07, 6.45) is 4.87. The minimum Gasteiger partial charge on any atom is -0.496 e. The van der Waals surface area contributed by atoms with Crippen LogP contribution in [0.4, 0.5) is 10.5 Å². The minimum atomic E-state index is -0.492. The Morgan fingerprint density at radius 2 is 1.86 bits per heavy atom. The maximum Gasteiger partial charge on any atom is 0.319 e. The minimum absolute atomic E-state index is 0.239. The summed E-state index contributed by atoms with van der Waals surface area (Å²) in [6, 6.07) is 8.56. The number of benzene rings is 2. The summed E-state index contributed by atoms with van der Waals surface area (Å²) in [7, 11) is 1.62. The number of amides is 3. The number of anilines is 1. The number of carbonyl (C=O) groups is 2. The molecule has 2 aliphatic rings. The summed E-state index contributed by atoms with van der Waals surface area (Å²) in [5.74, 6) is 0.204. The molecule has 28 heavy (non-hydrogen) atoms. The van der Waals surface area contributed by atoms with E-state index in [2.05, 4.69) is 10.6 Å². The smallest absolute Gasteiger partial charge is 0.319 e. The summed E-state index contributed by atoms with van der Waals surface area (Å²) >= 11 is 6.60. The van der Waals surface area contributed by atoms with Crippen LogP contribution in [0.5, 0.6) is 5.75 Å². The number of hydrogen-bond acceptors (Lipinski definition) is 3. The van der Waals surface area contributed by atoms with Crippen molar-refractivity contribution in [3.05, 3.63) is 46.5 Å². The van der Waals surface area contributed by atoms with Gasteiger partial charge in [-0.2, -0.15) is 0 Å². The van der Waals surface area contributed by atoms with Crippen molar-refractivity contribution >= 4 is 29.2 Å². The van der Waals surface area contributed by atoms with Gasteiger partial charge in [0.1, 0.15) is 5.75 Å². The molecule has 4 rings (SSSR count). The van der Waals surface area contributed by atoms with Gasteiger partial charge in [0.25, 0.3) is 0 Å². The van der Waals surface area contributed by atoms with E-state index in [4.69, 9.17) is 22.1 Å². The molecule has 4 N–H and O–H groups in total. The lowest BCUT2D eigenvalue weighted by molar-refractivity contribution is 0.1000. The van der Waals surface area contributed by atoms with Gasteiger partial charge < -0.3 is 21.1 Å². The summed E-state index contributed by atoms with van der Waals surface area (Å²) in [6.45, 7) is 0. The number of fused-ring (bicyclic) bond motifs is 2. The zero-order chi connectivity index (χ0) is 19.9. The second kappa shape index (κ2) is 7.02. The lowest BCUT2D eigenvalue weighted by Gasteiger charge is -2.44. The summed E-state index contributed by atoms with van der Waals surface area (Å²) < 4.78 is 5.85. The Morgan fingerprint density at radius 3 is 2.46 bits per heavy atom. The molecular weight excluding hydrogens is 378 g/mol. The van der Waals surface area contributed by atoms with Crippen LogP contribution in [0.1, 0.15) is 48.0 Å². The van der Waals surface area contributed by atoms with E-state index in [1.807, 2.05) is 12.1 Å². The van der Waals surface area contributed by atoms with E-state index >= 15 is 0 Å². The molecule has 2 aromatic rings. The largest absolute Gasteiger partial charge is 0.496 e. The second-order valence-corrected chi connectivity index (χ2v) is 7.76. The third-order valence-corrected chi connectivity index (χ3v) is 5.99. The van der Waals surface area contributed by atoms with E-state index in [1.54, 1.807) is 25.3 Å². The Hall–Kier alpha value is -2.73. The average Bonchev–Trinajstić information content (AvgIpc) is 2.69. The Kier molecular flexibility index (Phi) is 4.67. The molecule has 7 heteroatoms. The number of carbonyl (C=O) groups excluding carboxylic acids is 2. The van der Waals surface area contributed by atoms with E-state index in [0.717, 1.165) is 48.8 Å². The van der Waals surface area contributed by atoms with Gasteiger partial charge in [-0.05, 0) is 36.6 Å². The van der Waals surface area contributed by atoms with Crippen molar-refractivity contribution < 1.29 is 14.3 Å². The predicted molar refractivity (Wildman–Crippen MR) is 109 cm³/mol. The molecule has 0 atom stereocenters. The lowest BCUT2D eigenvalue weighted by Crippen LogP contribution is -2.53. The maximum absolute atomic E-state index is 12.3. The molecule has 6 nitrogen and oxygen atoms in total. The van der Waals surface area contributed by atoms with Crippen LogP contribution in [0, 0.1) is 0 Å². The number of hydrogen-bond donors (Lipinski definition) is 3. The van der Waals surface area contributed by atoms with Gasteiger partial charge in [0, 0.05) is 16.7 Å². The third kappa shape index (κ3) is 2.98. The zero-order valence-electron chi connectivity index (χ0n) is 15.6. The van der Waals surface area contributed by atoms with Crippen LogP contribution in [-0.4, -0.2) is 19.0 Å². The number of ether oxygens (including phenoxy) is 1. The first kappa shape index (κ1) is 18.6. The van der Waals surface area contributed by atoms with Gasteiger partial charge in [0.05, 0.1) is 23.4 Å². The third-order valence-electron chi connectivity index (χ3n) is 5.69. The lowest BCUT2D eigenvalue weighted by atomic mass is 9.74. The van der Waals surface area contributed by atoms with Crippen LogP contribution in [0.25, 0.3) is 11.1 Å². The number of nitrogens with one attached hydrogen (secondary N) is 2. The molecule has 1 heterocycles. The van der Waals surface area contributed by atoms with Crippen molar-refractivity contribution in [3.8, 4) is 16.9 Å². The zero-order valence-corrected chi connectivity index (χ0v) is 16.4. The predicted octanol–water partition coefficient (Wildman–Crippen LogP) is 4.41. The molecule has 0 bridgehead atoms. The molecule has 0 radical (unpaired) electrons. The van der Waals surface area contributed by atoms with Gasteiger partial charge in [-0.15, -0.1) is 0 Å². The normalized spacial score (nSPS) is 17.4. The first-order valence-corrected chi connectivity index (χ1v) is 9.73. The van der Waals surface area contributed by atoms with Gasteiger partial charge in [-0.1, -0.05) is 43.0 Å². The Bertz CT molecular complexity index is 950. The second-order valence-electron chi connectivity index (χ2n) is 7.35. The molecule has 1 saturated carbocycles. The van der Waals surface area contributed by atoms with E-state index < -0.39 is 11.4 Å². The van der Waals surface area contributed by atoms with E-state index in [9.17, 15) is 9.59 Å². The SMILES string of the molecule is COc1c(-c2ccc(C(N)=O)cc2)cc(Cl)c2c1C1(CCCCC1)NC(=O)N2. The van der Waals surface area contributed by atoms with Gasteiger partial charge in [-0.3, -0.25) is 4.79 Å². The molecule has 0 aromatic heterocycles. The van der Waals surface area contributed by atoms with Crippen molar-refractivity contribution in [2.45, 2.75) is 37.6 Å². The molecule has 146 valence electrons. The Morgan fingerprint density at radius 1 is 1.18 bits per heavy atom. The first-order chi connectivity index (χ1) is 13.4. The molecule has 2 aromatic carbocycles. The molecule has 3 amide bonds. The van der Waals surface area contributed by atoms with Crippen molar-refractivity contribution in [2.24, 2.45) is 5.73 Å². The van der Waals surface area contributed by atoms with Gasteiger partial charge in [0.15, 0.2) is 0 Å². The van der Waals surface area contributed by atoms with Crippen LogP contribution in [0.3, 0.4) is 0 Å². The molecule has 1 aliphatic heterocycles. The highest BCUT2D eigenvalue weighted by Crippen LogP contribution is 2.52. The summed E-state index contributed by atoms with van der Waals surface area (Å²) in [4.78, 5) is 23.7. The number of methoxy groups -OCH3 is 1. The highest BCUT2D eigenvalue weighted by atomic mass is 35.5. The molecule has 1 spiro atoms. The van der Waals surface area contributed by atoms with Crippen LogP contribution in [-0.2, 0) is 5.54 Å². The number of primary amides is 1. The number of urea groups is 1. The van der Waals surface area contributed by atoms with Crippen LogP contribution >= 0.6 is 11.6 Å². The Balaban J connectivity index is 1.93. The number of halogens is 1. The maximum atomic E-state index is 12.3. The quantitative estimate of drug-likeness (QED) is 0.713. The molecule has 1 fully saturated rings. The molecule has 0 unspecified atom stereocenters. The van der Waals surface area contributed by atoms with E-state index in [-0.39, 0.29) is 6.03 Å². The van der Waals surface area contributed by atoms with Crippen molar-refractivity contribution in [1.29, 1.82) is 0 Å². The standard InChI is InChI=1S/C21H22ClN3O3/c1-28-18-14(12-5-7-13(8-6-12)19(23)26)11-15(22)17-16(18)21(25-20(27)24-17)9-3-2-4-10-21/h5-8,11H,2-4,9-10H2,1H3,(H2,23,26)(H2,24,25,27). The van der Waals surface area contributed by atoms with Crippen LogP contribution < -0.4 is 21.1 Å². The number of nitrogens with two attached hydrogens (primary N) is 1. The summed E-state index contributed by atoms with van der Waals surface area (Å²) in [5, 5.41) is 6.46. The van der Waals surface area contributed by atoms with Gasteiger partial charge in [0.2, 0.25) is 5.91 Å². The monoisotopic (exact) mass is 399 g/mol. The Labute approximate surface area is 168 Å². The molecular formula is C21H22ClN3O3. The van der Waals surface area contributed by atoms with Gasteiger partial charge in [-0.25, -0.2) is 4.79 Å². The molecule has 1 aliphatic carbocycles. The fraction of sp³-hybridized carbons (Fsp3) is 0.333. The van der Waals surface area contributed by atoms with Crippen molar-refractivity contribution in [2.75, 3.05) is 12.4 Å². The van der Waals surface area contributed by atoms with Crippen LogP contribution in [0.15, 0.2) is 30.3 Å². The van der Waals surface area contributed by atoms with Crippen molar-refractivity contribution in [3.63, 3.8) is 0 Å². The fourth-order valence-corrected chi connectivity index (χ4v) is 4.66. The van der Waals surface area contributed by atoms with Crippen molar-refractivity contribution in [1.82, 2.24) is 5.32 Å². The molecule has 0 saturated heterocycles. The summed E-state index contributed by atoms with van der Waals surface area (Å²) in [5.41, 5.74) is 8.47. The topological polar surface area (TPSA) is 93.4 Å². The highest BCUT2D eigenvalue weighted by molar-refractivity contribution is 6.34. The van der Waals surface area contributed by atoms with Gasteiger partial charge >= 0.3 is 6.03 Å². The average molecular weight is 400 g/mol. The van der Waals surface area contributed by atoms with E-state index in [0.29, 0.717) is 22.0 Å².